The number of benzene rings is 1. The number of nitrogens with zero attached hydrogens (tertiary/aromatic N) is 2. The summed E-state index contributed by atoms with van der Waals surface area (Å²) in [6.07, 6.45) is -4.42. The van der Waals surface area contributed by atoms with Gasteiger partial charge in [0.25, 0.3) is 0 Å². The molecule has 0 radical (unpaired) electrons. The molecule has 0 aromatic heterocycles. The lowest BCUT2D eigenvalue weighted by Crippen LogP contribution is -2.42. The second-order valence-corrected chi connectivity index (χ2v) is 6.50. The maximum Gasteiger partial charge on any atom is 0.416 e. The van der Waals surface area contributed by atoms with Crippen molar-refractivity contribution in [2.24, 2.45) is 0 Å². The second-order valence-electron chi connectivity index (χ2n) is 5.55. The lowest BCUT2D eigenvalue weighted by atomic mass is 10.0. The fourth-order valence-electron chi connectivity index (χ4n) is 2.62. The molecule has 1 aliphatic rings. The van der Waals surface area contributed by atoms with E-state index >= 15 is 0 Å². The summed E-state index contributed by atoms with van der Waals surface area (Å²) in [5.41, 5.74) is -0.316. The van der Waals surface area contributed by atoms with Gasteiger partial charge in [-0.25, -0.2) is 0 Å². The number of carbonyl (C=O) groups is 2. The van der Waals surface area contributed by atoms with Crippen molar-refractivity contribution in [2.75, 3.05) is 24.7 Å². The molecule has 4 nitrogen and oxygen atoms in total. The summed E-state index contributed by atoms with van der Waals surface area (Å²) < 4.78 is 38.6. The molecule has 1 aromatic rings. The molecule has 1 unspecified atom stereocenters. The normalized spacial score (nSPS) is 16.4. The van der Waals surface area contributed by atoms with Crippen LogP contribution in [0.3, 0.4) is 0 Å². The van der Waals surface area contributed by atoms with E-state index in [0.29, 0.717) is 23.7 Å². The first-order valence-corrected chi connectivity index (χ1v) is 8.71. The molecule has 0 aliphatic carbocycles. The molecule has 1 saturated heterocycles. The number of likely N-dealkylation sites (N-methyl/N-ethyl adjacent to an activating group) is 1. The third kappa shape index (κ3) is 4.23. The van der Waals surface area contributed by atoms with E-state index in [-0.39, 0.29) is 18.4 Å². The summed E-state index contributed by atoms with van der Waals surface area (Å²) in [6, 6.07) is 4.49. The van der Waals surface area contributed by atoms with Crippen molar-refractivity contribution in [3.8, 4) is 0 Å². The fourth-order valence-corrected chi connectivity index (χ4v) is 3.52. The lowest BCUT2D eigenvalue weighted by Gasteiger charge is -2.30. The zero-order valence-electron chi connectivity index (χ0n) is 13.5. The number of thioether (sulfide) groups is 1. The monoisotopic (exact) mass is 360 g/mol. The highest BCUT2D eigenvalue weighted by Gasteiger charge is 2.32. The zero-order valence-corrected chi connectivity index (χ0v) is 14.3. The first kappa shape index (κ1) is 18.6. The summed E-state index contributed by atoms with van der Waals surface area (Å²) in [6.45, 7) is 3.77. The summed E-state index contributed by atoms with van der Waals surface area (Å²) in [4.78, 5) is 27.1. The van der Waals surface area contributed by atoms with E-state index in [1.165, 1.54) is 27.6 Å². The summed E-state index contributed by atoms with van der Waals surface area (Å²) in [7, 11) is 0. The number of alkyl halides is 3. The van der Waals surface area contributed by atoms with Crippen LogP contribution in [0.4, 0.5) is 13.2 Å². The molecule has 24 heavy (non-hydrogen) atoms. The molecule has 0 bridgehead atoms. The van der Waals surface area contributed by atoms with Crippen molar-refractivity contribution in [3.63, 3.8) is 0 Å². The van der Waals surface area contributed by atoms with Gasteiger partial charge >= 0.3 is 6.18 Å². The predicted octanol–water partition coefficient (Wildman–Crippen LogP) is 3.15. The van der Waals surface area contributed by atoms with Crippen molar-refractivity contribution in [1.29, 1.82) is 0 Å². The Morgan fingerprint density at radius 3 is 2.67 bits per heavy atom. The molecular weight excluding hydrogens is 341 g/mol. The third-order valence-electron chi connectivity index (χ3n) is 3.98. The molecule has 0 saturated carbocycles. The highest BCUT2D eigenvalue weighted by Crippen LogP contribution is 2.32. The standard InChI is InChI=1S/C16H19F3N2O2S/c1-3-21(14(22)8-20-10-24-9-15(20)23)11(2)12-5-4-6-13(7-12)16(17,18)19/h4-7,11H,3,8-10H2,1-2H3. The van der Waals surface area contributed by atoms with Crippen LogP contribution in [0.2, 0.25) is 0 Å². The zero-order chi connectivity index (χ0) is 17.9. The van der Waals surface area contributed by atoms with Crippen LogP contribution in [0.15, 0.2) is 24.3 Å². The van der Waals surface area contributed by atoms with Gasteiger partial charge < -0.3 is 9.80 Å². The van der Waals surface area contributed by atoms with Crippen LogP contribution >= 0.6 is 11.8 Å². The molecule has 1 heterocycles. The Labute approximate surface area is 143 Å². The van der Waals surface area contributed by atoms with Gasteiger partial charge in [0.1, 0.15) is 6.54 Å². The highest BCUT2D eigenvalue weighted by molar-refractivity contribution is 8.00. The van der Waals surface area contributed by atoms with Crippen molar-refractivity contribution in [3.05, 3.63) is 35.4 Å². The van der Waals surface area contributed by atoms with Gasteiger partial charge in [0, 0.05) is 6.54 Å². The van der Waals surface area contributed by atoms with Gasteiger partial charge in [-0.15, -0.1) is 11.8 Å². The molecule has 2 rings (SSSR count). The highest BCUT2D eigenvalue weighted by atomic mass is 32.2. The lowest BCUT2D eigenvalue weighted by molar-refractivity contribution is -0.139. The first-order chi connectivity index (χ1) is 11.2. The number of amides is 2. The van der Waals surface area contributed by atoms with Crippen LogP contribution in [0, 0.1) is 0 Å². The largest absolute Gasteiger partial charge is 0.416 e. The molecule has 2 amide bonds. The minimum absolute atomic E-state index is 0.0387. The van der Waals surface area contributed by atoms with Crippen LogP contribution in [-0.4, -0.2) is 46.3 Å². The van der Waals surface area contributed by atoms with Crippen LogP contribution in [0.25, 0.3) is 0 Å². The van der Waals surface area contributed by atoms with Crippen molar-refractivity contribution in [1.82, 2.24) is 9.80 Å². The van der Waals surface area contributed by atoms with Crippen LogP contribution in [0.1, 0.15) is 31.0 Å². The molecule has 0 spiro atoms. The number of hydrogen-bond acceptors (Lipinski definition) is 3. The Morgan fingerprint density at radius 2 is 2.12 bits per heavy atom. The van der Waals surface area contributed by atoms with Crippen molar-refractivity contribution in [2.45, 2.75) is 26.1 Å². The van der Waals surface area contributed by atoms with Gasteiger partial charge in [-0.1, -0.05) is 12.1 Å². The topological polar surface area (TPSA) is 40.6 Å². The number of halogens is 3. The maximum atomic E-state index is 12.9. The summed E-state index contributed by atoms with van der Waals surface area (Å²) >= 11 is 1.44. The van der Waals surface area contributed by atoms with Gasteiger partial charge in [0.15, 0.2) is 0 Å². The van der Waals surface area contributed by atoms with Gasteiger partial charge in [-0.05, 0) is 31.5 Å². The van der Waals surface area contributed by atoms with Gasteiger partial charge in [-0.3, -0.25) is 9.59 Å². The fraction of sp³-hybridized carbons (Fsp3) is 0.500. The van der Waals surface area contributed by atoms with Gasteiger partial charge in [-0.2, -0.15) is 13.2 Å². The van der Waals surface area contributed by atoms with Crippen LogP contribution in [-0.2, 0) is 15.8 Å². The van der Waals surface area contributed by atoms with Gasteiger partial charge in [0.2, 0.25) is 11.8 Å². The van der Waals surface area contributed by atoms with E-state index in [2.05, 4.69) is 0 Å². The van der Waals surface area contributed by atoms with Crippen molar-refractivity contribution >= 4 is 23.6 Å². The van der Waals surface area contributed by atoms with E-state index < -0.39 is 17.8 Å². The van der Waals surface area contributed by atoms with Crippen LogP contribution < -0.4 is 0 Å². The minimum atomic E-state index is -4.42. The summed E-state index contributed by atoms with van der Waals surface area (Å²) in [5, 5.41) is 0. The van der Waals surface area contributed by atoms with E-state index in [1.807, 2.05) is 0 Å². The quantitative estimate of drug-likeness (QED) is 0.810. The Balaban J connectivity index is 2.14. The molecule has 1 aliphatic heterocycles. The average molecular weight is 360 g/mol. The Hall–Kier alpha value is -1.70. The smallest absolute Gasteiger partial charge is 0.335 e. The Kier molecular flexibility index (Phi) is 5.79. The number of rotatable bonds is 5. The Morgan fingerprint density at radius 1 is 1.42 bits per heavy atom. The maximum absolute atomic E-state index is 12.9. The Bertz CT molecular complexity index is 622. The molecular formula is C16H19F3N2O2S. The van der Waals surface area contributed by atoms with E-state index in [4.69, 9.17) is 0 Å². The second kappa shape index (κ2) is 7.46. The average Bonchev–Trinajstić information content (AvgIpc) is 2.92. The van der Waals surface area contributed by atoms with E-state index in [9.17, 15) is 22.8 Å². The molecule has 0 N–H and O–H groups in total. The summed E-state index contributed by atoms with van der Waals surface area (Å²) in [5.74, 6) is 0.484. The molecule has 132 valence electrons. The third-order valence-corrected chi connectivity index (χ3v) is 4.92. The molecule has 1 fully saturated rings. The van der Waals surface area contributed by atoms with Crippen LogP contribution in [0.5, 0.6) is 0 Å². The first-order valence-electron chi connectivity index (χ1n) is 7.56. The molecule has 8 heteroatoms. The number of carbonyl (C=O) groups excluding carboxylic acids is 2. The number of hydrogen-bond donors (Lipinski definition) is 0. The predicted molar refractivity (Wildman–Crippen MR) is 86.3 cm³/mol. The van der Waals surface area contributed by atoms with Crippen molar-refractivity contribution < 1.29 is 22.8 Å². The molecule has 1 atom stereocenters. The molecule has 1 aromatic carbocycles. The van der Waals surface area contributed by atoms with E-state index in [1.54, 1.807) is 19.9 Å². The SMILES string of the molecule is CCN(C(=O)CN1CSCC1=O)C(C)c1cccc(C(F)(F)F)c1. The van der Waals surface area contributed by atoms with Gasteiger partial charge in [0.05, 0.1) is 23.2 Å². The van der Waals surface area contributed by atoms with E-state index in [0.717, 1.165) is 12.1 Å². The minimum Gasteiger partial charge on any atom is -0.335 e.